The Kier molecular flexibility index (Phi) is 6.84. The van der Waals surface area contributed by atoms with Gasteiger partial charge >= 0.3 is 5.97 Å². The van der Waals surface area contributed by atoms with Gasteiger partial charge in [0.05, 0.1) is 18.4 Å². The molecule has 0 radical (unpaired) electrons. The first-order valence-electron chi connectivity index (χ1n) is 9.20. The lowest BCUT2D eigenvalue weighted by atomic mass is 10.2. The smallest absolute Gasteiger partial charge is 0.337 e. The summed E-state index contributed by atoms with van der Waals surface area (Å²) in [6.45, 7) is 0.450. The highest BCUT2D eigenvalue weighted by Crippen LogP contribution is 2.29. The minimum atomic E-state index is -0.382. The van der Waals surface area contributed by atoms with Gasteiger partial charge in [-0.3, -0.25) is 4.79 Å². The normalized spacial score (nSPS) is 10.1. The fourth-order valence-corrected chi connectivity index (χ4v) is 2.65. The fraction of sp³-hybridized carbons (Fsp3) is 0.130. The number of nitrogens with one attached hydrogen (secondary N) is 2. The molecule has 0 bridgehead atoms. The molecule has 0 aliphatic rings. The van der Waals surface area contributed by atoms with Gasteiger partial charge in [-0.1, -0.05) is 30.3 Å². The average Bonchev–Trinajstić information content (AvgIpc) is 2.76. The third-order valence-corrected chi connectivity index (χ3v) is 4.12. The van der Waals surface area contributed by atoms with E-state index >= 15 is 0 Å². The van der Waals surface area contributed by atoms with Gasteiger partial charge in [0.2, 0.25) is 5.91 Å². The number of ether oxygens (including phenoxy) is 2. The van der Waals surface area contributed by atoms with Crippen molar-refractivity contribution in [1.29, 1.82) is 0 Å². The predicted octanol–water partition coefficient (Wildman–Crippen LogP) is 4.71. The van der Waals surface area contributed by atoms with Crippen LogP contribution in [0.2, 0.25) is 0 Å². The summed E-state index contributed by atoms with van der Waals surface area (Å²) >= 11 is 0. The summed E-state index contributed by atoms with van der Waals surface area (Å²) in [5.74, 6) is 0.768. The molecule has 0 aliphatic heterocycles. The number of esters is 1. The van der Waals surface area contributed by atoms with Crippen molar-refractivity contribution < 1.29 is 19.1 Å². The molecular formula is C23H22N2O4. The molecule has 0 aliphatic carbocycles. The van der Waals surface area contributed by atoms with E-state index in [-0.39, 0.29) is 18.3 Å². The molecule has 0 fully saturated rings. The van der Waals surface area contributed by atoms with Gasteiger partial charge in [-0.2, -0.15) is 0 Å². The summed E-state index contributed by atoms with van der Waals surface area (Å²) in [7, 11) is 1.34. The zero-order valence-electron chi connectivity index (χ0n) is 16.1. The van der Waals surface area contributed by atoms with Crippen LogP contribution in [0.4, 0.5) is 11.4 Å². The summed E-state index contributed by atoms with van der Waals surface area (Å²) in [6, 6.07) is 23.6. The Labute approximate surface area is 169 Å². The summed E-state index contributed by atoms with van der Waals surface area (Å²) in [5, 5.41) is 6.04. The SMILES string of the molecule is COC(=O)c1ccc(NCCC(=O)Nc2ccccc2Oc2ccccc2)cc1. The van der Waals surface area contributed by atoms with E-state index in [0.29, 0.717) is 29.3 Å². The molecule has 1 amide bonds. The molecule has 6 heteroatoms. The van der Waals surface area contributed by atoms with Crippen molar-refractivity contribution in [3.8, 4) is 11.5 Å². The molecule has 148 valence electrons. The van der Waals surface area contributed by atoms with Crippen molar-refractivity contribution in [2.24, 2.45) is 0 Å². The van der Waals surface area contributed by atoms with Crippen LogP contribution in [0.3, 0.4) is 0 Å². The molecule has 3 aromatic carbocycles. The van der Waals surface area contributed by atoms with Gasteiger partial charge in [0.15, 0.2) is 5.75 Å². The topological polar surface area (TPSA) is 76.7 Å². The van der Waals surface area contributed by atoms with Gasteiger partial charge in [-0.15, -0.1) is 0 Å². The Morgan fingerprint density at radius 1 is 0.862 bits per heavy atom. The number of hydrogen-bond acceptors (Lipinski definition) is 5. The minimum absolute atomic E-state index is 0.132. The predicted molar refractivity (Wildman–Crippen MR) is 112 cm³/mol. The molecule has 0 spiro atoms. The molecule has 0 heterocycles. The number of anilines is 2. The highest BCUT2D eigenvalue weighted by Gasteiger charge is 2.09. The Hall–Kier alpha value is -3.80. The largest absolute Gasteiger partial charge is 0.465 e. The summed E-state index contributed by atoms with van der Waals surface area (Å²) in [4.78, 5) is 23.8. The lowest BCUT2D eigenvalue weighted by Gasteiger charge is -2.12. The number of hydrogen-bond donors (Lipinski definition) is 2. The highest BCUT2D eigenvalue weighted by molar-refractivity contribution is 5.92. The van der Waals surface area contributed by atoms with Gasteiger partial charge in [0.25, 0.3) is 0 Å². The third-order valence-electron chi connectivity index (χ3n) is 4.12. The molecule has 6 nitrogen and oxygen atoms in total. The van der Waals surface area contributed by atoms with Crippen LogP contribution in [0.25, 0.3) is 0 Å². The summed E-state index contributed by atoms with van der Waals surface area (Å²) < 4.78 is 10.5. The first-order chi connectivity index (χ1) is 14.2. The van der Waals surface area contributed by atoms with E-state index in [2.05, 4.69) is 15.4 Å². The first kappa shape index (κ1) is 19.9. The number of benzene rings is 3. The number of amides is 1. The Morgan fingerprint density at radius 2 is 1.55 bits per heavy atom. The molecule has 29 heavy (non-hydrogen) atoms. The lowest BCUT2D eigenvalue weighted by molar-refractivity contribution is -0.116. The van der Waals surface area contributed by atoms with E-state index in [4.69, 9.17) is 4.74 Å². The van der Waals surface area contributed by atoms with Crippen molar-refractivity contribution in [2.75, 3.05) is 24.3 Å². The van der Waals surface area contributed by atoms with E-state index < -0.39 is 0 Å². The second-order valence-electron chi connectivity index (χ2n) is 6.21. The molecular weight excluding hydrogens is 368 g/mol. The summed E-state index contributed by atoms with van der Waals surface area (Å²) in [6.07, 6.45) is 0.276. The molecule has 3 aromatic rings. The molecule has 0 saturated heterocycles. The van der Waals surface area contributed by atoms with E-state index in [1.54, 1.807) is 30.3 Å². The molecule has 2 N–H and O–H groups in total. The second kappa shape index (κ2) is 9.94. The van der Waals surface area contributed by atoms with E-state index in [1.165, 1.54) is 7.11 Å². The molecule has 0 saturated carbocycles. The van der Waals surface area contributed by atoms with Gasteiger partial charge in [0.1, 0.15) is 5.75 Å². The van der Waals surface area contributed by atoms with Crippen LogP contribution >= 0.6 is 0 Å². The van der Waals surface area contributed by atoms with Crippen LogP contribution in [-0.2, 0) is 9.53 Å². The van der Waals surface area contributed by atoms with E-state index in [1.807, 2.05) is 48.5 Å². The molecule has 0 unspecified atom stereocenters. The highest BCUT2D eigenvalue weighted by atomic mass is 16.5. The van der Waals surface area contributed by atoms with Crippen LogP contribution in [0, 0.1) is 0 Å². The third kappa shape index (κ3) is 5.84. The van der Waals surface area contributed by atoms with E-state index in [9.17, 15) is 9.59 Å². The van der Waals surface area contributed by atoms with Crippen LogP contribution < -0.4 is 15.4 Å². The van der Waals surface area contributed by atoms with Gasteiger partial charge in [-0.05, 0) is 48.5 Å². The van der Waals surface area contributed by atoms with Crippen LogP contribution in [0.1, 0.15) is 16.8 Å². The van der Waals surface area contributed by atoms with Crippen LogP contribution in [0.15, 0.2) is 78.9 Å². The number of carbonyl (C=O) groups is 2. The van der Waals surface area contributed by atoms with E-state index in [0.717, 1.165) is 5.69 Å². The quantitative estimate of drug-likeness (QED) is 0.545. The number of para-hydroxylation sites is 3. The van der Waals surface area contributed by atoms with Crippen LogP contribution in [0.5, 0.6) is 11.5 Å². The molecule has 0 aromatic heterocycles. The van der Waals surface area contributed by atoms with Crippen molar-refractivity contribution >= 4 is 23.3 Å². The average molecular weight is 390 g/mol. The maximum Gasteiger partial charge on any atom is 0.337 e. The standard InChI is InChI=1S/C23H22N2O4/c1-28-23(27)17-11-13-18(14-12-17)24-16-15-22(26)25-20-9-5-6-10-21(20)29-19-7-3-2-4-8-19/h2-14,24H,15-16H2,1H3,(H,25,26). The number of rotatable bonds is 8. The zero-order chi connectivity index (χ0) is 20.5. The van der Waals surface area contributed by atoms with Gasteiger partial charge in [-0.25, -0.2) is 4.79 Å². The number of methoxy groups -OCH3 is 1. The lowest BCUT2D eigenvalue weighted by Crippen LogP contribution is -2.16. The van der Waals surface area contributed by atoms with Crippen molar-refractivity contribution in [3.05, 3.63) is 84.4 Å². The molecule has 0 atom stereocenters. The second-order valence-corrected chi connectivity index (χ2v) is 6.21. The van der Waals surface area contributed by atoms with Gasteiger partial charge < -0.3 is 20.1 Å². The summed E-state index contributed by atoms with van der Waals surface area (Å²) in [5.41, 5.74) is 1.91. The number of carbonyl (C=O) groups excluding carboxylic acids is 2. The Morgan fingerprint density at radius 3 is 2.28 bits per heavy atom. The minimum Gasteiger partial charge on any atom is -0.465 e. The fourth-order valence-electron chi connectivity index (χ4n) is 2.65. The monoisotopic (exact) mass is 390 g/mol. The maximum absolute atomic E-state index is 12.3. The van der Waals surface area contributed by atoms with Crippen LogP contribution in [-0.4, -0.2) is 25.5 Å². The Balaban J connectivity index is 1.51. The van der Waals surface area contributed by atoms with Crippen molar-refractivity contribution in [2.45, 2.75) is 6.42 Å². The first-order valence-corrected chi connectivity index (χ1v) is 9.20. The Bertz CT molecular complexity index is 956. The molecule has 3 rings (SSSR count). The van der Waals surface area contributed by atoms with Crippen molar-refractivity contribution in [3.63, 3.8) is 0 Å². The van der Waals surface area contributed by atoms with Gasteiger partial charge in [0, 0.05) is 18.7 Å². The van der Waals surface area contributed by atoms with Crippen molar-refractivity contribution in [1.82, 2.24) is 0 Å². The maximum atomic E-state index is 12.3. The zero-order valence-corrected chi connectivity index (χ0v) is 16.1.